The summed E-state index contributed by atoms with van der Waals surface area (Å²) in [7, 11) is 0. The van der Waals surface area contributed by atoms with Crippen LogP contribution in [-0.2, 0) is 5.54 Å². The van der Waals surface area contributed by atoms with Crippen LogP contribution in [0, 0.1) is 11.8 Å². The molecule has 3 aromatic carbocycles. The first kappa shape index (κ1) is 19.0. The van der Waals surface area contributed by atoms with E-state index in [1.54, 1.807) is 0 Å². The van der Waals surface area contributed by atoms with Crippen LogP contribution in [0.3, 0.4) is 0 Å². The molecule has 1 fully saturated rings. The molecular formula is C27H31N. The molecule has 1 aliphatic heterocycles. The van der Waals surface area contributed by atoms with Crippen molar-refractivity contribution >= 4 is 0 Å². The Kier molecular flexibility index (Phi) is 5.64. The molecule has 0 bridgehead atoms. The summed E-state index contributed by atoms with van der Waals surface area (Å²) in [6, 6.07) is 33.2. The Morgan fingerprint density at radius 3 is 1.32 bits per heavy atom. The first-order valence-electron chi connectivity index (χ1n) is 10.6. The van der Waals surface area contributed by atoms with E-state index in [0.717, 1.165) is 24.9 Å². The van der Waals surface area contributed by atoms with Gasteiger partial charge in [0.25, 0.3) is 0 Å². The molecule has 0 radical (unpaired) electrons. The predicted octanol–water partition coefficient (Wildman–Crippen LogP) is 6.35. The second-order valence-corrected chi connectivity index (χ2v) is 8.38. The van der Waals surface area contributed by atoms with Gasteiger partial charge < -0.3 is 0 Å². The zero-order chi connectivity index (χ0) is 19.4. The minimum Gasteiger partial charge on any atom is -0.286 e. The van der Waals surface area contributed by atoms with Gasteiger partial charge in [0, 0.05) is 0 Å². The van der Waals surface area contributed by atoms with E-state index in [-0.39, 0.29) is 5.54 Å². The Bertz CT molecular complexity index is 750. The van der Waals surface area contributed by atoms with Crippen molar-refractivity contribution in [3.8, 4) is 0 Å². The van der Waals surface area contributed by atoms with Gasteiger partial charge in [0.1, 0.15) is 0 Å². The standard InChI is InChI=1S/C27H31N/c1-22(2)23-18-20-28(21-19-23)27(24-12-6-3-7-13-24,25-14-8-4-9-15-25)26-16-10-5-11-17-26/h3-17,22-23H,18-21H2,1-2H3. The second kappa shape index (κ2) is 8.32. The van der Waals surface area contributed by atoms with Gasteiger partial charge in [-0.1, -0.05) is 105 Å². The molecule has 0 spiro atoms. The molecule has 0 aromatic heterocycles. The molecular weight excluding hydrogens is 338 g/mol. The minimum atomic E-state index is -0.244. The van der Waals surface area contributed by atoms with Crippen LogP contribution in [-0.4, -0.2) is 18.0 Å². The van der Waals surface area contributed by atoms with E-state index < -0.39 is 0 Å². The van der Waals surface area contributed by atoms with Gasteiger partial charge >= 0.3 is 0 Å². The first-order chi connectivity index (χ1) is 13.7. The zero-order valence-electron chi connectivity index (χ0n) is 17.1. The van der Waals surface area contributed by atoms with Gasteiger partial charge in [-0.15, -0.1) is 0 Å². The van der Waals surface area contributed by atoms with Crippen molar-refractivity contribution < 1.29 is 0 Å². The highest BCUT2D eigenvalue weighted by Crippen LogP contribution is 2.44. The maximum Gasteiger partial charge on any atom is 0.0972 e. The normalized spacial score (nSPS) is 16.4. The fourth-order valence-corrected chi connectivity index (χ4v) is 4.99. The number of hydrogen-bond donors (Lipinski definition) is 0. The predicted molar refractivity (Wildman–Crippen MR) is 118 cm³/mol. The largest absolute Gasteiger partial charge is 0.286 e. The Morgan fingerprint density at radius 2 is 1.00 bits per heavy atom. The number of nitrogens with zero attached hydrogens (tertiary/aromatic N) is 1. The molecule has 1 saturated heterocycles. The van der Waals surface area contributed by atoms with E-state index in [4.69, 9.17) is 0 Å². The van der Waals surface area contributed by atoms with Gasteiger partial charge in [0.15, 0.2) is 0 Å². The molecule has 3 aromatic rings. The van der Waals surface area contributed by atoms with Crippen molar-refractivity contribution in [2.24, 2.45) is 11.8 Å². The molecule has 0 amide bonds. The highest BCUT2D eigenvalue weighted by atomic mass is 15.2. The second-order valence-electron chi connectivity index (χ2n) is 8.38. The molecule has 144 valence electrons. The summed E-state index contributed by atoms with van der Waals surface area (Å²) in [6.07, 6.45) is 2.54. The number of likely N-dealkylation sites (tertiary alicyclic amines) is 1. The summed E-state index contributed by atoms with van der Waals surface area (Å²) in [6.45, 7) is 7.00. The molecule has 0 aliphatic carbocycles. The van der Waals surface area contributed by atoms with Crippen molar-refractivity contribution in [2.45, 2.75) is 32.2 Å². The van der Waals surface area contributed by atoms with Crippen LogP contribution in [0.1, 0.15) is 43.4 Å². The highest BCUT2D eigenvalue weighted by molar-refractivity contribution is 5.49. The van der Waals surface area contributed by atoms with E-state index in [9.17, 15) is 0 Å². The highest BCUT2D eigenvalue weighted by Gasteiger charge is 2.43. The van der Waals surface area contributed by atoms with Crippen LogP contribution in [0.4, 0.5) is 0 Å². The van der Waals surface area contributed by atoms with E-state index in [0.29, 0.717) is 0 Å². The lowest BCUT2D eigenvalue weighted by Crippen LogP contribution is -2.51. The third kappa shape index (κ3) is 3.40. The molecule has 1 heteroatoms. The van der Waals surface area contributed by atoms with Gasteiger partial charge in [-0.25, -0.2) is 0 Å². The van der Waals surface area contributed by atoms with Crippen molar-refractivity contribution in [1.82, 2.24) is 4.90 Å². The van der Waals surface area contributed by atoms with Crippen LogP contribution in [0.25, 0.3) is 0 Å². The average Bonchev–Trinajstić information content (AvgIpc) is 2.77. The van der Waals surface area contributed by atoms with Crippen LogP contribution >= 0.6 is 0 Å². The van der Waals surface area contributed by atoms with Crippen LogP contribution < -0.4 is 0 Å². The average molecular weight is 370 g/mol. The number of rotatable bonds is 5. The van der Waals surface area contributed by atoms with Gasteiger partial charge in [-0.2, -0.15) is 0 Å². The zero-order valence-corrected chi connectivity index (χ0v) is 17.1. The van der Waals surface area contributed by atoms with Crippen molar-refractivity contribution in [3.63, 3.8) is 0 Å². The minimum absolute atomic E-state index is 0.244. The molecule has 4 rings (SSSR count). The lowest BCUT2D eigenvalue weighted by atomic mass is 9.73. The van der Waals surface area contributed by atoms with E-state index in [1.807, 2.05) is 0 Å². The quantitative estimate of drug-likeness (QED) is 0.474. The molecule has 28 heavy (non-hydrogen) atoms. The molecule has 0 saturated carbocycles. The van der Waals surface area contributed by atoms with Gasteiger partial charge in [-0.3, -0.25) is 4.90 Å². The summed E-state index contributed by atoms with van der Waals surface area (Å²) >= 11 is 0. The lowest BCUT2D eigenvalue weighted by Gasteiger charge is -2.49. The molecule has 0 atom stereocenters. The maximum absolute atomic E-state index is 2.73. The summed E-state index contributed by atoms with van der Waals surface area (Å²) in [5.74, 6) is 1.60. The molecule has 0 N–H and O–H groups in total. The third-order valence-corrected chi connectivity index (χ3v) is 6.53. The molecule has 1 heterocycles. The van der Waals surface area contributed by atoms with Crippen molar-refractivity contribution in [3.05, 3.63) is 108 Å². The van der Waals surface area contributed by atoms with Crippen LogP contribution in [0.15, 0.2) is 91.0 Å². The van der Waals surface area contributed by atoms with Gasteiger partial charge in [0.05, 0.1) is 5.54 Å². The van der Waals surface area contributed by atoms with Crippen LogP contribution in [0.5, 0.6) is 0 Å². The maximum atomic E-state index is 2.73. The topological polar surface area (TPSA) is 3.24 Å². The Morgan fingerprint density at radius 1 is 0.643 bits per heavy atom. The Balaban J connectivity index is 1.90. The van der Waals surface area contributed by atoms with Crippen molar-refractivity contribution in [2.75, 3.05) is 13.1 Å². The van der Waals surface area contributed by atoms with Crippen LogP contribution in [0.2, 0.25) is 0 Å². The fourth-order valence-electron chi connectivity index (χ4n) is 4.99. The summed E-state index contributed by atoms with van der Waals surface area (Å²) in [5.41, 5.74) is 3.83. The summed E-state index contributed by atoms with van der Waals surface area (Å²) in [4.78, 5) is 2.73. The van der Waals surface area contributed by atoms with Gasteiger partial charge in [-0.05, 0) is 54.5 Å². The number of piperidine rings is 1. The lowest BCUT2D eigenvalue weighted by molar-refractivity contribution is 0.0878. The number of hydrogen-bond acceptors (Lipinski definition) is 1. The smallest absolute Gasteiger partial charge is 0.0972 e. The molecule has 1 nitrogen and oxygen atoms in total. The first-order valence-corrected chi connectivity index (χ1v) is 10.6. The van der Waals surface area contributed by atoms with E-state index >= 15 is 0 Å². The molecule has 0 unspecified atom stereocenters. The third-order valence-electron chi connectivity index (χ3n) is 6.53. The van der Waals surface area contributed by atoms with E-state index in [1.165, 1.54) is 29.5 Å². The monoisotopic (exact) mass is 369 g/mol. The summed E-state index contributed by atoms with van der Waals surface area (Å²) < 4.78 is 0. The van der Waals surface area contributed by atoms with E-state index in [2.05, 4.69) is 110 Å². The molecule has 1 aliphatic rings. The SMILES string of the molecule is CC(C)C1CCN(C(c2ccccc2)(c2ccccc2)c2ccccc2)CC1. The Hall–Kier alpha value is -2.38. The van der Waals surface area contributed by atoms with Gasteiger partial charge in [0.2, 0.25) is 0 Å². The fraction of sp³-hybridized carbons (Fsp3) is 0.333. The number of benzene rings is 3. The Labute approximate surface area is 170 Å². The summed E-state index contributed by atoms with van der Waals surface area (Å²) in [5, 5.41) is 0. The van der Waals surface area contributed by atoms with Crippen molar-refractivity contribution in [1.29, 1.82) is 0 Å².